The zero-order valence-electron chi connectivity index (χ0n) is 15.0. The fourth-order valence-electron chi connectivity index (χ4n) is 3.79. The molecular formula is C24H20O3. The van der Waals surface area contributed by atoms with E-state index in [4.69, 9.17) is 4.74 Å². The summed E-state index contributed by atoms with van der Waals surface area (Å²) in [6, 6.07) is 26.1. The van der Waals surface area contributed by atoms with Gasteiger partial charge in [0.05, 0.1) is 7.11 Å². The highest BCUT2D eigenvalue weighted by atomic mass is 16.5. The summed E-state index contributed by atoms with van der Waals surface area (Å²) in [6.07, 6.45) is 0. The van der Waals surface area contributed by atoms with Crippen molar-refractivity contribution in [1.82, 2.24) is 0 Å². The number of benzene rings is 3. The number of carbonyl (C=O) groups is 2. The van der Waals surface area contributed by atoms with Crippen LogP contribution < -0.4 is 4.74 Å². The number of methoxy groups -OCH3 is 1. The van der Waals surface area contributed by atoms with Gasteiger partial charge in [0.25, 0.3) is 0 Å². The molecule has 0 amide bonds. The van der Waals surface area contributed by atoms with Crippen molar-refractivity contribution < 1.29 is 14.3 Å². The first-order valence-corrected chi connectivity index (χ1v) is 9.03. The fourth-order valence-corrected chi connectivity index (χ4v) is 3.79. The van der Waals surface area contributed by atoms with Gasteiger partial charge in [-0.2, -0.15) is 0 Å². The van der Waals surface area contributed by atoms with Crippen molar-refractivity contribution in [2.75, 3.05) is 7.11 Å². The third kappa shape index (κ3) is 3.28. The fraction of sp³-hybridized carbons (Fsp3) is 0.167. The Kier molecular flexibility index (Phi) is 4.59. The zero-order valence-corrected chi connectivity index (χ0v) is 15.0. The molecule has 0 bridgehead atoms. The van der Waals surface area contributed by atoms with Crippen LogP contribution in [-0.4, -0.2) is 18.7 Å². The molecule has 134 valence electrons. The predicted molar refractivity (Wildman–Crippen MR) is 104 cm³/mol. The molecular weight excluding hydrogens is 336 g/mol. The van der Waals surface area contributed by atoms with Crippen molar-refractivity contribution in [3.63, 3.8) is 0 Å². The van der Waals surface area contributed by atoms with Crippen molar-refractivity contribution in [2.45, 2.75) is 5.92 Å². The number of carbonyl (C=O) groups excluding carboxylic acids is 2. The zero-order chi connectivity index (χ0) is 18.8. The summed E-state index contributed by atoms with van der Waals surface area (Å²) in [5.41, 5.74) is 2.31. The van der Waals surface area contributed by atoms with Gasteiger partial charge < -0.3 is 4.74 Å². The summed E-state index contributed by atoms with van der Waals surface area (Å²) in [7, 11) is 1.62. The Morgan fingerprint density at radius 2 is 1.11 bits per heavy atom. The minimum absolute atomic E-state index is 0.0331. The molecule has 0 aliphatic heterocycles. The summed E-state index contributed by atoms with van der Waals surface area (Å²) in [5, 5.41) is 0. The lowest BCUT2D eigenvalue weighted by Crippen LogP contribution is -2.09. The van der Waals surface area contributed by atoms with Crippen LogP contribution in [0.15, 0.2) is 84.9 Å². The lowest BCUT2D eigenvalue weighted by Gasteiger charge is -2.03. The van der Waals surface area contributed by atoms with Crippen LogP contribution in [0.4, 0.5) is 0 Å². The number of ether oxygens (including phenoxy) is 1. The standard InChI is InChI=1S/C24H20O3/c1-27-19-14-12-16(13-15-19)20-21(23(25)17-8-4-2-5-9-17)22(20)24(26)18-10-6-3-7-11-18/h2-15,20-22H,1H3. The number of hydrogen-bond donors (Lipinski definition) is 0. The van der Waals surface area contributed by atoms with E-state index in [-0.39, 0.29) is 29.3 Å². The Balaban J connectivity index is 1.67. The van der Waals surface area contributed by atoms with E-state index in [1.54, 1.807) is 7.11 Å². The van der Waals surface area contributed by atoms with Crippen LogP contribution in [0.25, 0.3) is 0 Å². The van der Waals surface area contributed by atoms with Gasteiger partial charge in [-0.25, -0.2) is 0 Å². The van der Waals surface area contributed by atoms with Gasteiger partial charge in [-0.15, -0.1) is 0 Å². The average Bonchev–Trinajstić information content (AvgIpc) is 3.49. The molecule has 1 saturated carbocycles. The molecule has 0 aromatic heterocycles. The normalized spacial score (nSPS) is 20.7. The number of hydrogen-bond acceptors (Lipinski definition) is 3. The highest BCUT2D eigenvalue weighted by Crippen LogP contribution is 2.57. The third-order valence-corrected chi connectivity index (χ3v) is 5.24. The maximum atomic E-state index is 13.1. The van der Waals surface area contributed by atoms with E-state index in [0.717, 1.165) is 11.3 Å². The van der Waals surface area contributed by atoms with E-state index < -0.39 is 0 Å². The Bertz CT molecular complexity index is 888. The van der Waals surface area contributed by atoms with Crippen molar-refractivity contribution in [3.05, 3.63) is 102 Å². The van der Waals surface area contributed by atoms with Crippen LogP contribution in [0.2, 0.25) is 0 Å². The Labute approximate surface area is 158 Å². The quantitative estimate of drug-likeness (QED) is 0.597. The van der Waals surface area contributed by atoms with E-state index >= 15 is 0 Å². The van der Waals surface area contributed by atoms with Gasteiger partial charge in [0.15, 0.2) is 11.6 Å². The van der Waals surface area contributed by atoms with Gasteiger partial charge in [-0.3, -0.25) is 9.59 Å². The van der Waals surface area contributed by atoms with Gasteiger partial charge in [0.2, 0.25) is 0 Å². The van der Waals surface area contributed by atoms with Crippen LogP contribution in [-0.2, 0) is 0 Å². The number of ketones is 2. The Morgan fingerprint density at radius 1 is 0.667 bits per heavy atom. The molecule has 1 aliphatic rings. The predicted octanol–water partition coefficient (Wildman–Crippen LogP) is 4.79. The van der Waals surface area contributed by atoms with Crippen molar-refractivity contribution in [2.24, 2.45) is 11.8 Å². The van der Waals surface area contributed by atoms with Gasteiger partial charge in [0.1, 0.15) is 5.75 Å². The molecule has 0 saturated heterocycles. The molecule has 3 nitrogen and oxygen atoms in total. The molecule has 2 unspecified atom stereocenters. The smallest absolute Gasteiger partial charge is 0.167 e. The molecule has 0 radical (unpaired) electrons. The van der Waals surface area contributed by atoms with Crippen LogP contribution in [0.1, 0.15) is 32.2 Å². The van der Waals surface area contributed by atoms with E-state index in [1.807, 2.05) is 84.9 Å². The molecule has 3 aromatic carbocycles. The lowest BCUT2D eigenvalue weighted by molar-refractivity contribution is 0.0906. The number of Topliss-reactive ketones (excluding diaryl/α,β-unsaturated/α-hetero) is 2. The first kappa shape index (κ1) is 17.2. The highest BCUT2D eigenvalue weighted by Gasteiger charge is 2.59. The summed E-state index contributed by atoms with van der Waals surface area (Å²) in [6.45, 7) is 0. The van der Waals surface area contributed by atoms with Gasteiger partial charge >= 0.3 is 0 Å². The van der Waals surface area contributed by atoms with Crippen molar-refractivity contribution >= 4 is 11.6 Å². The second kappa shape index (κ2) is 7.20. The van der Waals surface area contributed by atoms with Gasteiger partial charge in [-0.05, 0) is 17.7 Å². The molecule has 0 heterocycles. The first-order valence-electron chi connectivity index (χ1n) is 9.03. The van der Waals surface area contributed by atoms with E-state index in [0.29, 0.717) is 11.1 Å². The molecule has 1 fully saturated rings. The molecule has 1 aliphatic carbocycles. The molecule has 0 N–H and O–H groups in total. The lowest BCUT2D eigenvalue weighted by atomic mass is 10.0. The maximum Gasteiger partial charge on any atom is 0.167 e. The van der Waals surface area contributed by atoms with Crippen LogP contribution >= 0.6 is 0 Å². The summed E-state index contributed by atoms with van der Waals surface area (Å²) < 4.78 is 5.22. The third-order valence-electron chi connectivity index (χ3n) is 5.24. The first-order chi connectivity index (χ1) is 13.2. The van der Waals surface area contributed by atoms with Crippen LogP contribution in [0, 0.1) is 11.8 Å². The molecule has 4 rings (SSSR count). The monoisotopic (exact) mass is 356 g/mol. The Hall–Kier alpha value is -3.20. The summed E-state index contributed by atoms with van der Waals surface area (Å²) >= 11 is 0. The number of rotatable bonds is 6. The summed E-state index contributed by atoms with van der Waals surface area (Å²) in [4.78, 5) is 26.2. The second-order valence-electron chi connectivity index (χ2n) is 6.81. The molecule has 27 heavy (non-hydrogen) atoms. The van der Waals surface area contributed by atoms with E-state index in [2.05, 4.69) is 0 Å². The minimum Gasteiger partial charge on any atom is -0.497 e. The second-order valence-corrected chi connectivity index (χ2v) is 6.81. The molecule has 2 atom stereocenters. The van der Waals surface area contributed by atoms with Crippen molar-refractivity contribution in [3.8, 4) is 5.75 Å². The SMILES string of the molecule is COc1ccc(C2C(C(=O)c3ccccc3)C2C(=O)c2ccccc2)cc1. The van der Waals surface area contributed by atoms with Gasteiger partial charge in [0, 0.05) is 28.9 Å². The maximum absolute atomic E-state index is 13.1. The largest absolute Gasteiger partial charge is 0.497 e. The summed E-state index contributed by atoms with van der Waals surface area (Å²) in [5.74, 6) is 0.0750. The topological polar surface area (TPSA) is 43.4 Å². The molecule has 3 aromatic rings. The van der Waals surface area contributed by atoms with Crippen LogP contribution in [0.3, 0.4) is 0 Å². The van der Waals surface area contributed by atoms with E-state index in [9.17, 15) is 9.59 Å². The van der Waals surface area contributed by atoms with Crippen LogP contribution in [0.5, 0.6) is 5.75 Å². The van der Waals surface area contributed by atoms with Gasteiger partial charge in [-0.1, -0.05) is 72.8 Å². The molecule has 0 spiro atoms. The highest BCUT2D eigenvalue weighted by molar-refractivity contribution is 6.09. The van der Waals surface area contributed by atoms with E-state index in [1.165, 1.54) is 0 Å². The average molecular weight is 356 g/mol. The Morgan fingerprint density at radius 3 is 1.52 bits per heavy atom. The minimum atomic E-state index is -0.325. The molecule has 3 heteroatoms. The van der Waals surface area contributed by atoms with Crippen molar-refractivity contribution in [1.29, 1.82) is 0 Å².